The van der Waals surface area contributed by atoms with Gasteiger partial charge in [0, 0.05) is 18.7 Å². The first-order chi connectivity index (χ1) is 8.93. The lowest BCUT2D eigenvalue weighted by atomic mass is 10.2. The van der Waals surface area contributed by atoms with Gasteiger partial charge in [-0.05, 0) is 32.0 Å². The van der Waals surface area contributed by atoms with E-state index in [0.717, 1.165) is 0 Å². The maximum absolute atomic E-state index is 12.1. The van der Waals surface area contributed by atoms with Gasteiger partial charge >= 0.3 is 0 Å². The number of nitrogens with one attached hydrogen (secondary N) is 1. The van der Waals surface area contributed by atoms with Crippen LogP contribution in [-0.2, 0) is 4.79 Å². The van der Waals surface area contributed by atoms with E-state index >= 15 is 0 Å². The molecule has 0 aliphatic heterocycles. The fourth-order valence-corrected chi connectivity index (χ4v) is 1.63. The third-order valence-electron chi connectivity index (χ3n) is 2.49. The second-order valence-electron chi connectivity index (χ2n) is 4.62. The van der Waals surface area contributed by atoms with Gasteiger partial charge in [-0.25, -0.2) is 0 Å². The van der Waals surface area contributed by atoms with Gasteiger partial charge in [-0.2, -0.15) is 0 Å². The first kappa shape index (κ1) is 15.0. The van der Waals surface area contributed by atoms with Crippen molar-refractivity contribution in [3.63, 3.8) is 0 Å². The largest absolute Gasteiger partial charge is 0.497 e. The first-order valence-corrected chi connectivity index (χ1v) is 6.13. The number of ether oxygens (including phenoxy) is 1. The molecule has 5 nitrogen and oxygen atoms in total. The Labute approximate surface area is 113 Å². The second kappa shape index (κ2) is 6.78. The van der Waals surface area contributed by atoms with Crippen LogP contribution in [0.5, 0.6) is 5.75 Å². The predicted octanol–water partition coefficient (Wildman–Crippen LogP) is 1.29. The highest BCUT2D eigenvalue weighted by Crippen LogP contribution is 2.13. The van der Waals surface area contributed by atoms with Crippen molar-refractivity contribution in [1.29, 1.82) is 0 Å². The molecule has 104 valence electrons. The average molecular weight is 264 g/mol. The summed E-state index contributed by atoms with van der Waals surface area (Å²) < 4.78 is 5.07. The summed E-state index contributed by atoms with van der Waals surface area (Å²) in [6.07, 6.45) is 0. The van der Waals surface area contributed by atoms with E-state index in [1.165, 1.54) is 4.90 Å². The average Bonchev–Trinajstić information content (AvgIpc) is 2.36. The monoisotopic (exact) mass is 264 g/mol. The van der Waals surface area contributed by atoms with E-state index in [0.29, 0.717) is 11.3 Å². The summed E-state index contributed by atoms with van der Waals surface area (Å²) in [6, 6.07) is 6.92. The Morgan fingerprint density at radius 3 is 2.63 bits per heavy atom. The van der Waals surface area contributed by atoms with Gasteiger partial charge in [0.25, 0.3) is 5.91 Å². The quantitative estimate of drug-likeness (QED) is 0.872. The zero-order chi connectivity index (χ0) is 14.4. The van der Waals surface area contributed by atoms with E-state index in [-0.39, 0.29) is 24.4 Å². The van der Waals surface area contributed by atoms with E-state index in [1.54, 1.807) is 38.4 Å². The Kier molecular flexibility index (Phi) is 5.36. The van der Waals surface area contributed by atoms with Crippen molar-refractivity contribution in [2.24, 2.45) is 0 Å². The van der Waals surface area contributed by atoms with Gasteiger partial charge in [0.05, 0.1) is 13.7 Å². The number of nitrogens with zero attached hydrogens (tertiary/aromatic N) is 1. The zero-order valence-electron chi connectivity index (χ0n) is 11.8. The van der Waals surface area contributed by atoms with Crippen molar-refractivity contribution in [1.82, 2.24) is 10.2 Å². The Morgan fingerprint density at radius 2 is 2.05 bits per heavy atom. The summed E-state index contributed by atoms with van der Waals surface area (Å²) in [6.45, 7) is 3.79. The van der Waals surface area contributed by atoms with Gasteiger partial charge in [0.2, 0.25) is 5.91 Å². The molecule has 0 saturated heterocycles. The Balaban J connectivity index is 2.68. The van der Waals surface area contributed by atoms with Crippen LogP contribution in [0.3, 0.4) is 0 Å². The molecule has 1 aromatic rings. The maximum Gasteiger partial charge on any atom is 0.254 e. The first-order valence-electron chi connectivity index (χ1n) is 6.13. The van der Waals surface area contributed by atoms with Crippen molar-refractivity contribution in [2.75, 3.05) is 20.7 Å². The SMILES string of the molecule is COc1cccc(C(=O)N(C)CC(=O)NC(C)C)c1. The number of benzene rings is 1. The van der Waals surface area contributed by atoms with Crippen molar-refractivity contribution in [2.45, 2.75) is 19.9 Å². The van der Waals surface area contributed by atoms with Gasteiger partial charge in [-0.1, -0.05) is 6.07 Å². The van der Waals surface area contributed by atoms with Crippen LogP contribution in [0.15, 0.2) is 24.3 Å². The molecule has 0 fully saturated rings. The molecule has 0 heterocycles. The summed E-state index contributed by atoms with van der Waals surface area (Å²) in [5, 5.41) is 2.75. The lowest BCUT2D eigenvalue weighted by Crippen LogP contribution is -2.40. The van der Waals surface area contributed by atoms with E-state index < -0.39 is 0 Å². The molecule has 1 rings (SSSR count). The molecule has 0 radical (unpaired) electrons. The van der Waals surface area contributed by atoms with Crippen LogP contribution < -0.4 is 10.1 Å². The number of hydrogen-bond donors (Lipinski definition) is 1. The number of carbonyl (C=O) groups excluding carboxylic acids is 2. The van der Waals surface area contributed by atoms with Gasteiger partial charge in [-0.3, -0.25) is 9.59 Å². The van der Waals surface area contributed by atoms with E-state index in [1.807, 2.05) is 13.8 Å². The topological polar surface area (TPSA) is 58.6 Å². The molecule has 0 aliphatic carbocycles. The highest BCUT2D eigenvalue weighted by molar-refractivity contribution is 5.96. The number of methoxy groups -OCH3 is 1. The minimum atomic E-state index is -0.210. The normalized spacial score (nSPS) is 10.2. The van der Waals surface area contributed by atoms with Crippen LogP contribution >= 0.6 is 0 Å². The molecule has 0 saturated carbocycles. The molecule has 0 atom stereocenters. The fraction of sp³-hybridized carbons (Fsp3) is 0.429. The van der Waals surface area contributed by atoms with Crippen LogP contribution in [0.25, 0.3) is 0 Å². The van der Waals surface area contributed by atoms with Gasteiger partial charge in [0.1, 0.15) is 5.75 Å². The molecule has 0 spiro atoms. The summed E-state index contributed by atoms with van der Waals surface area (Å²) in [4.78, 5) is 25.1. The van der Waals surface area contributed by atoms with Crippen LogP contribution in [0.4, 0.5) is 0 Å². The molecular weight excluding hydrogens is 244 g/mol. The molecule has 19 heavy (non-hydrogen) atoms. The molecular formula is C14H20N2O3. The lowest BCUT2D eigenvalue weighted by molar-refractivity contribution is -0.122. The van der Waals surface area contributed by atoms with E-state index in [9.17, 15) is 9.59 Å². The third kappa shape index (κ3) is 4.62. The highest BCUT2D eigenvalue weighted by atomic mass is 16.5. The third-order valence-corrected chi connectivity index (χ3v) is 2.49. The van der Waals surface area contributed by atoms with Gasteiger partial charge < -0.3 is 15.0 Å². The summed E-state index contributed by atoms with van der Waals surface area (Å²) in [5.74, 6) is 0.234. The number of amides is 2. The van der Waals surface area contributed by atoms with Crippen LogP contribution in [-0.4, -0.2) is 43.5 Å². The number of rotatable bonds is 5. The van der Waals surface area contributed by atoms with Gasteiger partial charge in [-0.15, -0.1) is 0 Å². The summed E-state index contributed by atoms with van der Waals surface area (Å²) >= 11 is 0. The van der Waals surface area contributed by atoms with Crippen molar-refractivity contribution < 1.29 is 14.3 Å². The number of carbonyl (C=O) groups is 2. The maximum atomic E-state index is 12.1. The molecule has 1 N–H and O–H groups in total. The van der Waals surface area contributed by atoms with Crippen LogP contribution in [0.2, 0.25) is 0 Å². The fourth-order valence-electron chi connectivity index (χ4n) is 1.63. The molecule has 5 heteroatoms. The van der Waals surface area contributed by atoms with Crippen molar-refractivity contribution in [3.05, 3.63) is 29.8 Å². The number of likely N-dealkylation sites (N-methyl/N-ethyl adjacent to an activating group) is 1. The van der Waals surface area contributed by atoms with Crippen molar-refractivity contribution >= 4 is 11.8 Å². The number of hydrogen-bond acceptors (Lipinski definition) is 3. The van der Waals surface area contributed by atoms with Gasteiger partial charge in [0.15, 0.2) is 0 Å². The minimum absolute atomic E-state index is 0.0359. The summed E-state index contributed by atoms with van der Waals surface area (Å²) in [7, 11) is 3.14. The lowest BCUT2D eigenvalue weighted by Gasteiger charge is -2.18. The Bertz CT molecular complexity index is 458. The van der Waals surface area contributed by atoms with E-state index in [2.05, 4.69) is 5.32 Å². The molecule has 0 bridgehead atoms. The predicted molar refractivity (Wildman–Crippen MR) is 73.2 cm³/mol. The smallest absolute Gasteiger partial charge is 0.254 e. The van der Waals surface area contributed by atoms with Crippen LogP contribution in [0.1, 0.15) is 24.2 Å². The summed E-state index contributed by atoms with van der Waals surface area (Å²) in [5.41, 5.74) is 0.499. The van der Waals surface area contributed by atoms with Crippen LogP contribution in [0, 0.1) is 0 Å². The Morgan fingerprint density at radius 1 is 1.37 bits per heavy atom. The second-order valence-corrected chi connectivity index (χ2v) is 4.62. The standard InChI is InChI=1S/C14H20N2O3/c1-10(2)15-13(17)9-16(3)14(18)11-6-5-7-12(8-11)19-4/h5-8,10H,9H2,1-4H3,(H,15,17). The molecule has 0 aromatic heterocycles. The molecule has 2 amide bonds. The zero-order valence-corrected chi connectivity index (χ0v) is 11.8. The highest BCUT2D eigenvalue weighted by Gasteiger charge is 2.15. The van der Waals surface area contributed by atoms with E-state index in [4.69, 9.17) is 4.74 Å². The van der Waals surface area contributed by atoms with Crippen molar-refractivity contribution in [3.8, 4) is 5.75 Å². The minimum Gasteiger partial charge on any atom is -0.497 e. The Hall–Kier alpha value is -2.04. The molecule has 0 aliphatic rings. The molecule has 0 unspecified atom stereocenters. The molecule has 1 aromatic carbocycles.